The van der Waals surface area contributed by atoms with Gasteiger partial charge in [0.2, 0.25) is 0 Å². The van der Waals surface area contributed by atoms with Crippen molar-refractivity contribution in [3.05, 3.63) is 54.1 Å². The quantitative estimate of drug-likeness (QED) is 0.205. The Morgan fingerprint density at radius 1 is 0.719 bits per heavy atom. The first-order valence-electron chi connectivity index (χ1n) is 11.8. The van der Waals surface area contributed by atoms with Gasteiger partial charge in [0.25, 0.3) is 0 Å². The summed E-state index contributed by atoms with van der Waals surface area (Å²) in [5.41, 5.74) is 0.829. The summed E-state index contributed by atoms with van der Waals surface area (Å²) in [7, 11) is -4.53. The largest absolute Gasteiger partial charge is 1.00 e. The van der Waals surface area contributed by atoms with Gasteiger partial charge in [-0.2, -0.15) is 0 Å². The molecule has 0 bridgehead atoms. The molecule has 0 unspecified atom stereocenters. The third kappa shape index (κ3) is 12.4. The van der Waals surface area contributed by atoms with Crippen LogP contribution in [0.5, 0.6) is 11.5 Å². The second-order valence-electron chi connectivity index (χ2n) is 8.32. The van der Waals surface area contributed by atoms with Gasteiger partial charge in [-0.1, -0.05) is 95.8 Å². The molecule has 32 heavy (non-hydrogen) atoms. The summed E-state index contributed by atoms with van der Waals surface area (Å²) in [5, 5.41) is 0. The molecule has 172 valence electrons. The SMILES string of the molecule is CCCCCCCCCCCCCCc1cc(Oc2ccccc2)cc(S(=O)(=O)[O-])c1.[Na+]. The summed E-state index contributed by atoms with van der Waals surface area (Å²) in [5.74, 6) is 0.997. The van der Waals surface area contributed by atoms with E-state index >= 15 is 0 Å². The van der Waals surface area contributed by atoms with E-state index in [2.05, 4.69) is 6.92 Å². The number of hydrogen-bond acceptors (Lipinski definition) is 4. The maximum atomic E-state index is 11.6. The van der Waals surface area contributed by atoms with Crippen LogP contribution in [-0.4, -0.2) is 13.0 Å². The van der Waals surface area contributed by atoms with Gasteiger partial charge in [0.05, 0.1) is 4.90 Å². The standard InChI is InChI=1S/C26H38O4S.Na/c1-2-3-4-5-6-7-8-9-10-11-12-14-17-23-20-25(22-26(21-23)31(27,28)29)30-24-18-15-13-16-19-24;/h13,15-16,18-22H,2-12,14,17H2,1H3,(H,27,28,29);/q;+1/p-1. The minimum absolute atomic E-state index is 0. The van der Waals surface area contributed by atoms with Crippen LogP contribution in [0.25, 0.3) is 0 Å². The number of para-hydroxylation sites is 1. The van der Waals surface area contributed by atoms with E-state index in [1.807, 2.05) is 24.3 Å². The molecular weight excluding hydrogens is 431 g/mol. The number of benzene rings is 2. The molecule has 4 nitrogen and oxygen atoms in total. The van der Waals surface area contributed by atoms with Crippen molar-refractivity contribution < 1.29 is 47.3 Å². The molecule has 0 aliphatic rings. The number of hydrogen-bond donors (Lipinski definition) is 0. The molecule has 0 spiro atoms. The Morgan fingerprint density at radius 2 is 1.25 bits per heavy atom. The van der Waals surface area contributed by atoms with E-state index < -0.39 is 10.1 Å². The van der Waals surface area contributed by atoms with Crippen molar-refractivity contribution in [1.29, 1.82) is 0 Å². The smallest absolute Gasteiger partial charge is 0.744 e. The van der Waals surface area contributed by atoms with Gasteiger partial charge in [-0.3, -0.25) is 0 Å². The summed E-state index contributed by atoms with van der Waals surface area (Å²) in [4.78, 5) is -0.227. The van der Waals surface area contributed by atoms with E-state index in [1.54, 1.807) is 12.1 Å². The topological polar surface area (TPSA) is 66.4 Å². The van der Waals surface area contributed by atoms with Gasteiger partial charge in [0, 0.05) is 0 Å². The van der Waals surface area contributed by atoms with Gasteiger partial charge in [0.15, 0.2) is 0 Å². The predicted molar refractivity (Wildman–Crippen MR) is 126 cm³/mol. The van der Waals surface area contributed by atoms with Crippen LogP contribution in [0.1, 0.15) is 89.5 Å². The molecule has 2 aromatic rings. The maximum Gasteiger partial charge on any atom is 1.00 e. The molecule has 0 saturated heterocycles. The molecule has 0 saturated carbocycles. The molecule has 2 rings (SSSR count). The van der Waals surface area contributed by atoms with Crippen molar-refractivity contribution in [3.8, 4) is 11.5 Å². The molecule has 6 heteroatoms. The fourth-order valence-corrected chi connectivity index (χ4v) is 4.33. The Kier molecular flexibility index (Phi) is 15.2. The van der Waals surface area contributed by atoms with Crippen molar-refractivity contribution in [2.75, 3.05) is 0 Å². The molecule has 2 aromatic carbocycles. The number of rotatable bonds is 16. The summed E-state index contributed by atoms with van der Waals surface area (Å²) in [6, 6.07) is 13.8. The second kappa shape index (κ2) is 16.7. The summed E-state index contributed by atoms with van der Waals surface area (Å²) in [6.07, 6.45) is 16.1. The van der Waals surface area contributed by atoms with E-state index in [4.69, 9.17) is 4.74 Å². The molecule has 0 N–H and O–H groups in total. The van der Waals surface area contributed by atoms with Crippen molar-refractivity contribution in [1.82, 2.24) is 0 Å². The number of aryl methyl sites for hydroxylation is 1. The Bertz CT molecular complexity index is 853. The van der Waals surface area contributed by atoms with Crippen LogP contribution in [0.2, 0.25) is 0 Å². The zero-order valence-corrected chi connectivity index (χ0v) is 22.7. The molecule has 0 atom stereocenters. The Balaban J connectivity index is 0.00000512. The van der Waals surface area contributed by atoms with Crippen molar-refractivity contribution in [2.24, 2.45) is 0 Å². The van der Waals surface area contributed by atoms with Crippen LogP contribution in [0.3, 0.4) is 0 Å². The maximum absolute atomic E-state index is 11.6. The van der Waals surface area contributed by atoms with Gasteiger partial charge in [0.1, 0.15) is 21.6 Å². The molecule has 0 aliphatic heterocycles. The summed E-state index contributed by atoms with van der Waals surface area (Å²) in [6.45, 7) is 2.25. The van der Waals surface area contributed by atoms with Crippen molar-refractivity contribution in [3.63, 3.8) is 0 Å². The van der Waals surface area contributed by atoms with Crippen LogP contribution in [0.4, 0.5) is 0 Å². The summed E-state index contributed by atoms with van der Waals surface area (Å²) < 4.78 is 40.4. The van der Waals surface area contributed by atoms with E-state index in [-0.39, 0.29) is 34.5 Å². The molecular formula is C26H37NaO4S. The molecule has 0 radical (unpaired) electrons. The monoisotopic (exact) mass is 468 g/mol. The molecule has 0 aliphatic carbocycles. The first-order valence-corrected chi connectivity index (χ1v) is 13.2. The molecule has 0 amide bonds. The first-order chi connectivity index (χ1) is 15.0. The van der Waals surface area contributed by atoms with Gasteiger partial charge < -0.3 is 9.29 Å². The van der Waals surface area contributed by atoms with Crippen LogP contribution in [0.15, 0.2) is 53.4 Å². The van der Waals surface area contributed by atoms with E-state index in [0.717, 1.165) is 24.8 Å². The fourth-order valence-electron chi connectivity index (χ4n) is 3.77. The predicted octanol–water partition coefficient (Wildman–Crippen LogP) is 4.63. The summed E-state index contributed by atoms with van der Waals surface area (Å²) >= 11 is 0. The van der Waals surface area contributed by atoms with Gasteiger partial charge >= 0.3 is 29.6 Å². The first kappa shape index (κ1) is 29.2. The van der Waals surface area contributed by atoms with Crippen LogP contribution < -0.4 is 34.3 Å². The Labute approximate surface area is 217 Å². The van der Waals surface area contributed by atoms with Gasteiger partial charge in [-0.05, 0) is 48.7 Å². The van der Waals surface area contributed by atoms with Crippen LogP contribution in [0, 0.1) is 0 Å². The van der Waals surface area contributed by atoms with Gasteiger partial charge in [-0.25, -0.2) is 8.42 Å². The molecule has 0 fully saturated rings. The van der Waals surface area contributed by atoms with Gasteiger partial charge in [-0.15, -0.1) is 0 Å². The molecule has 0 heterocycles. The Hall–Kier alpha value is -0.850. The van der Waals surface area contributed by atoms with E-state index in [0.29, 0.717) is 11.5 Å². The third-order valence-corrected chi connectivity index (χ3v) is 6.34. The fraction of sp³-hybridized carbons (Fsp3) is 0.538. The normalized spacial score (nSPS) is 11.2. The van der Waals surface area contributed by atoms with Crippen molar-refractivity contribution in [2.45, 2.75) is 95.3 Å². The van der Waals surface area contributed by atoms with E-state index in [1.165, 1.54) is 76.3 Å². The zero-order chi connectivity index (χ0) is 22.4. The number of ether oxygens (including phenoxy) is 1. The van der Waals surface area contributed by atoms with Crippen LogP contribution >= 0.6 is 0 Å². The third-order valence-electron chi connectivity index (χ3n) is 5.53. The minimum atomic E-state index is -4.53. The minimum Gasteiger partial charge on any atom is -0.744 e. The van der Waals surface area contributed by atoms with Crippen molar-refractivity contribution >= 4 is 10.1 Å². The zero-order valence-electron chi connectivity index (χ0n) is 19.9. The van der Waals surface area contributed by atoms with Crippen LogP contribution in [-0.2, 0) is 16.5 Å². The number of unbranched alkanes of at least 4 members (excludes halogenated alkanes) is 11. The second-order valence-corrected chi connectivity index (χ2v) is 9.70. The van der Waals surface area contributed by atoms with E-state index in [9.17, 15) is 13.0 Å². The average molecular weight is 469 g/mol. The molecule has 0 aromatic heterocycles. The average Bonchev–Trinajstić information content (AvgIpc) is 2.74. The Morgan fingerprint density at radius 3 is 1.78 bits per heavy atom.